The molecule has 6 nitrogen and oxygen atoms in total. The van der Waals surface area contributed by atoms with Crippen molar-refractivity contribution in [2.24, 2.45) is 0 Å². The summed E-state index contributed by atoms with van der Waals surface area (Å²) >= 11 is 1.33. The zero-order chi connectivity index (χ0) is 16.2. The van der Waals surface area contributed by atoms with Gasteiger partial charge in [0.1, 0.15) is 0 Å². The largest absolute Gasteiger partial charge is 0.492 e. The summed E-state index contributed by atoms with van der Waals surface area (Å²) in [7, 11) is -2.70. The van der Waals surface area contributed by atoms with Crippen molar-refractivity contribution < 1.29 is 22.7 Å². The van der Waals surface area contributed by atoms with E-state index < -0.39 is 21.9 Å². The van der Waals surface area contributed by atoms with Crippen LogP contribution in [0.2, 0.25) is 0 Å². The number of rotatable bonds is 7. The number of sulfonamides is 1. The molecule has 0 fully saturated rings. The average molecular weight is 338 g/mol. The van der Waals surface area contributed by atoms with Crippen molar-refractivity contribution in [3.63, 3.8) is 0 Å². The van der Waals surface area contributed by atoms with E-state index in [0.717, 1.165) is 12.1 Å². The maximum Gasteiger partial charge on any atom is 0.241 e. The standard InChI is InChI=1S/C12H19FN2O4S2/c1-7(11(6-16)20-3)15-21(17,18)8-4-9(13)12(19-2)10(14)5-8/h4-5,7,11,15-16H,6,14H2,1-3H3. The van der Waals surface area contributed by atoms with E-state index in [2.05, 4.69) is 4.72 Å². The summed E-state index contributed by atoms with van der Waals surface area (Å²) in [5, 5.41) is 8.86. The third-order valence-corrected chi connectivity index (χ3v) is 5.64. The Morgan fingerprint density at radius 2 is 2.14 bits per heavy atom. The van der Waals surface area contributed by atoms with E-state index in [4.69, 9.17) is 15.6 Å². The van der Waals surface area contributed by atoms with Crippen molar-refractivity contribution in [2.75, 3.05) is 25.7 Å². The molecule has 4 N–H and O–H groups in total. The summed E-state index contributed by atoms with van der Waals surface area (Å²) in [6.07, 6.45) is 1.76. The average Bonchev–Trinajstić information content (AvgIpc) is 2.39. The van der Waals surface area contributed by atoms with Crippen molar-refractivity contribution >= 4 is 27.5 Å². The van der Waals surface area contributed by atoms with Crippen LogP contribution < -0.4 is 15.2 Å². The van der Waals surface area contributed by atoms with Crippen LogP contribution in [0.25, 0.3) is 0 Å². The molecule has 2 unspecified atom stereocenters. The molecular formula is C12H19FN2O4S2. The van der Waals surface area contributed by atoms with Crippen LogP contribution >= 0.6 is 11.8 Å². The lowest BCUT2D eigenvalue weighted by atomic mass is 10.3. The molecule has 0 radical (unpaired) electrons. The number of halogens is 1. The zero-order valence-electron chi connectivity index (χ0n) is 12.0. The second kappa shape index (κ2) is 7.30. The van der Waals surface area contributed by atoms with E-state index in [9.17, 15) is 12.8 Å². The lowest BCUT2D eigenvalue weighted by Gasteiger charge is -2.21. The Hall–Kier alpha value is -1.03. The molecule has 2 atom stereocenters. The molecule has 0 bridgehead atoms. The minimum atomic E-state index is -3.94. The number of thioether (sulfide) groups is 1. The Labute approximate surface area is 127 Å². The fourth-order valence-electron chi connectivity index (χ4n) is 1.78. The van der Waals surface area contributed by atoms with Crippen molar-refractivity contribution in [2.45, 2.75) is 23.1 Å². The first-order valence-electron chi connectivity index (χ1n) is 6.05. The van der Waals surface area contributed by atoms with Gasteiger partial charge in [0.25, 0.3) is 0 Å². The van der Waals surface area contributed by atoms with Gasteiger partial charge in [0.15, 0.2) is 11.6 Å². The van der Waals surface area contributed by atoms with Gasteiger partial charge in [0.05, 0.1) is 24.3 Å². The van der Waals surface area contributed by atoms with Gasteiger partial charge in [-0.15, -0.1) is 0 Å². The number of hydrogen-bond donors (Lipinski definition) is 3. The van der Waals surface area contributed by atoms with Crippen molar-refractivity contribution in [1.29, 1.82) is 0 Å². The molecule has 0 aliphatic heterocycles. The Morgan fingerprint density at radius 3 is 2.57 bits per heavy atom. The minimum Gasteiger partial charge on any atom is -0.492 e. The normalized spacial score (nSPS) is 14.7. The second-order valence-electron chi connectivity index (χ2n) is 4.39. The van der Waals surface area contributed by atoms with Gasteiger partial charge in [0, 0.05) is 11.3 Å². The number of nitrogen functional groups attached to an aromatic ring is 1. The highest BCUT2D eigenvalue weighted by molar-refractivity contribution is 7.99. The third-order valence-electron chi connectivity index (χ3n) is 2.94. The molecule has 0 spiro atoms. The highest BCUT2D eigenvalue weighted by Crippen LogP contribution is 2.28. The zero-order valence-corrected chi connectivity index (χ0v) is 13.6. The van der Waals surface area contributed by atoms with Gasteiger partial charge in [0.2, 0.25) is 10.0 Å². The molecule has 0 amide bonds. The molecule has 0 aliphatic rings. The van der Waals surface area contributed by atoms with Crippen molar-refractivity contribution in [3.05, 3.63) is 17.9 Å². The quantitative estimate of drug-likeness (QED) is 0.636. The van der Waals surface area contributed by atoms with Crippen LogP contribution in [0.5, 0.6) is 5.75 Å². The minimum absolute atomic E-state index is 0.103. The fraction of sp³-hybridized carbons (Fsp3) is 0.500. The first kappa shape index (κ1) is 18.0. The van der Waals surface area contributed by atoms with Crippen LogP contribution in [0, 0.1) is 5.82 Å². The van der Waals surface area contributed by atoms with Gasteiger partial charge < -0.3 is 15.6 Å². The number of nitrogens with two attached hydrogens (primary N) is 1. The molecule has 120 valence electrons. The van der Waals surface area contributed by atoms with Gasteiger partial charge in [-0.25, -0.2) is 17.5 Å². The summed E-state index contributed by atoms with van der Waals surface area (Å²) in [6.45, 7) is 1.45. The van der Waals surface area contributed by atoms with E-state index in [1.165, 1.54) is 18.9 Å². The molecule has 0 aliphatic carbocycles. The first-order valence-corrected chi connectivity index (χ1v) is 8.83. The second-order valence-corrected chi connectivity index (χ2v) is 7.19. The molecule has 1 aromatic carbocycles. The number of anilines is 1. The predicted octanol–water partition coefficient (Wildman–Crippen LogP) is 0.807. The van der Waals surface area contributed by atoms with Crippen LogP contribution in [0.15, 0.2) is 17.0 Å². The first-order chi connectivity index (χ1) is 9.76. The number of aliphatic hydroxyl groups excluding tert-OH is 1. The van der Waals surface area contributed by atoms with Crippen LogP contribution in [-0.4, -0.2) is 44.8 Å². The highest BCUT2D eigenvalue weighted by Gasteiger charge is 2.24. The molecule has 1 aromatic rings. The molecule has 0 heterocycles. The summed E-state index contributed by atoms with van der Waals surface area (Å²) in [5.74, 6) is -1.05. The third kappa shape index (κ3) is 4.22. The van der Waals surface area contributed by atoms with E-state index in [1.807, 2.05) is 0 Å². The van der Waals surface area contributed by atoms with Crippen LogP contribution in [-0.2, 0) is 10.0 Å². The number of nitrogens with one attached hydrogen (secondary N) is 1. The van der Waals surface area contributed by atoms with Gasteiger partial charge in [-0.2, -0.15) is 11.8 Å². The molecule has 1 rings (SSSR count). The van der Waals surface area contributed by atoms with Gasteiger partial charge >= 0.3 is 0 Å². The van der Waals surface area contributed by atoms with Crippen molar-refractivity contribution in [3.8, 4) is 5.75 Å². The van der Waals surface area contributed by atoms with Gasteiger partial charge in [-0.1, -0.05) is 0 Å². The predicted molar refractivity (Wildman–Crippen MR) is 81.5 cm³/mol. The maximum atomic E-state index is 13.7. The number of ether oxygens (including phenoxy) is 1. The van der Waals surface area contributed by atoms with E-state index in [-0.39, 0.29) is 28.2 Å². The molecule has 0 aromatic heterocycles. The smallest absolute Gasteiger partial charge is 0.241 e. The molecule has 21 heavy (non-hydrogen) atoms. The number of hydrogen-bond acceptors (Lipinski definition) is 6. The summed E-state index contributed by atoms with van der Waals surface area (Å²) in [6, 6.07) is 1.45. The molecular weight excluding hydrogens is 319 g/mol. The topological polar surface area (TPSA) is 102 Å². The van der Waals surface area contributed by atoms with Gasteiger partial charge in [-0.05, 0) is 25.3 Å². The van der Waals surface area contributed by atoms with E-state index >= 15 is 0 Å². The van der Waals surface area contributed by atoms with E-state index in [1.54, 1.807) is 13.2 Å². The van der Waals surface area contributed by atoms with Gasteiger partial charge in [-0.3, -0.25) is 0 Å². The Morgan fingerprint density at radius 1 is 1.52 bits per heavy atom. The molecule has 0 saturated heterocycles. The Balaban J connectivity index is 3.09. The van der Waals surface area contributed by atoms with Crippen molar-refractivity contribution in [1.82, 2.24) is 4.72 Å². The van der Waals surface area contributed by atoms with Crippen LogP contribution in [0.4, 0.5) is 10.1 Å². The van der Waals surface area contributed by atoms with Crippen LogP contribution in [0.3, 0.4) is 0 Å². The maximum absolute atomic E-state index is 13.7. The molecule has 0 saturated carbocycles. The fourth-order valence-corrected chi connectivity index (χ4v) is 3.83. The Kier molecular flexibility index (Phi) is 6.26. The summed E-state index contributed by atoms with van der Waals surface area (Å²) in [4.78, 5) is -0.289. The number of methoxy groups -OCH3 is 1. The Bertz CT molecular complexity index is 568. The number of benzene rings is 1. The van der Waals surface area contributed by atoms with E-state index in [0.29, 0.717) is 0 Å². The summed E-state index contributed by atoms with van der Waals surface area (Å²) < 4.78 is 45.3. The number of aliphatic hydroxyl groups is 1. The highest BCUT2D eigenvalue weighted by atomic mass is 32.2. The monoisotopic (exact) mass is 338 g/mol. The lowest BCUT2D eigenvalue weighted by Crippen LogP contribution is -2.41. The van der Waals surface area contributed by atoms with Crippen LogP contribution in [0.1, 0.15) is 6.92 Å². The lowest BCUT2D eigenvalue weighted by molar-refractivity contribution is 0.282. The molecule has 9 heteroatoms. The summed E-state index contributed by atoms with van der Waals surface area (Å²) in [5.41, 5.74) is 5.47. The SMILES string of the molecule is COc1c(N)cc(S(=O)(=O)NC(C)C(CO)SC)cc1F.